The van der Waals surface area contributed by atoms with Crippen LogP contribution in [-0.4, -0.2) is 5.16 Å². The molecule has 0 spiro atoms. The number of halogens is 1. The molecule has 3 rings (SSSR count). The Morgan fingerprint density at radius 1 is 0.800 bits per heavy atom. The van der Waals surface area contributed by atoms with Crippen LogP contribution in [0.2, 0.25) is 0 Å². The van der Waals surface area contributed by atoms with Crippen LogP contribution in [0.25, 0.3) is 22.3 Å². The van der Waals surface area contributed by atoms with Crippen LogP contribution in [-0.2, 0) is 0 Å². The van der Waals surface area contributed by atoms with Gasteiger partial charge in [0.25, 0.3) is 0 Å². The quantitative estimate of drug-likeness (QED) is 0.374. The van der Waals surface area contributed by atoms with Gasteiger partial charge in [0.2, 0.25) is 0 Å². The molecule has 0 aromatic heterocycles. The minimum atomic E-state index is -0.380. The Balaban J connectivity index is 2.04. The summed E-state index contributed by atoms with van der Waals surface area (Å²) in [6.07, 6.45) is 0. The van der Waals surface area contributed by atoms with Crippen molar-refractivity contribution in [2.24, 2.45) is 4.99 Å². The van der Waals surface area contributed by atoms with E-state index in [1.807, 2.05) is 26.0 Å². The molecule has 0 atom stereocenters. The Morgan fingerprint density at radius 3 is 2.04 bits per heavy atom. The van der Waals surface area contributed by atoms with Crippen LogP contribution >= 0.6 is 12.2 Å². The summed E-state index contributed by atoms with van der Waals surface area (Å²) in [5, 5.41) is 2.23. The summed E-state index contributed by atoms with van der Waals surface area (Å²) in [4.78, 5) is 3.81. The van der Waals surface area contributed by atoms with Gasteiger partial charge in [0.05, 0.1) is 5.16 Å². The van der Waals surface area contributed by atoms with Crippen molar-refractivity contribution in [3.63, 3.8) is 0 Å². The number of rotatable bonds is 3. The van der Waals surface area contributed by atoms with Crippen LogP contribution in [0.1, 0.15) is 16.7 Å². The van der Waals surface area contributed by atoms with E-state index in [-0.39, 0.29) is 11.5 Å². The molecule has 1 nitrogen and oxygen atoms in total. The van der Waals surface area contributed by atoms with E-state index >= 15 is 0 Å². The van der Waals surface area contributed by atoms with Crippen molar-refractivity contribution in [2.75, 3.05) is 0 Å². The molecule has 3 heteroatoms. The lowest BCUT2D eigenvalue weighted by molar-refractivity contribution is 0.629. The van der Waals surface area contributed by atoms with Crippen LogP contribution in [0.4, 0.5) is 10.1 Å². The Labute approximate surface area is 152 Å². The van der Waals surface area contributed by atoms with E-state index in [2.05, 4.69) is 65.7 Å². The first-order chi connectivity index (χ1) is 12.0. The zero-order chi connectivity index (χ0) is 18.0. The first-order valence-electron chi connectivity index (χ1n) is 8.05. The van der Waals surface area contributed by atoms with E-state index in [1.165, 1.54) is 17.2 Å². The largest absolute Gasteiger partial charge is 0.205 e. The second kappa shape index (κ2) is 7.10. The molecule has 0 heterocycles. The van der Waals surface area contributed by atoms with Crippen LogP contribution in [0.15, 0.2) is 59.6 Å². The molecule has 0 aliphatic rings. The highest BCUT2D eigenvalue weighted by Gasteiger charge is 2.11. The molecule has 0 saturated heterocycles. The summed E-state index contributed by atoms with van der Waals surface area (Å²) in [5.74, 6) is -0.380. The summed E-state index contributed by atoms with van der Waals surface area (Å²) >= 11 is 4.59. The summed E-state index contributed by atoms with van der Waals surface area (Å²) < 4.78 is 14.3. The van der Waals surface area contributed by atoms with Crippen molar-refractivity contribution in [1.29, 1.82) is 0 Å². The van der Waals surface area contributed by atoms with E-state index in [0.29, 0.717) is 0 Å². The van der Waals surface area contributed by atoms with E-state index < -0.39 is 0 Å². The Hall–Kier alpha value is -2.61. The summed E-state index contributed by atoms with van der Waals surface area (Å²) in [7, 11) is 0. The van der Waals surface area contributed by atoms with E-state index in [0.717, 1.165) is 27.8 Å². The van der Waals surface area contributed by atoms with Crippen LogP contribution in [0.3, 0.4) is 0 Å². The van der Waals surface area contributed by atoms with Gasteiger partial charge in [0.1, 0.15) is 5.69 Å². The zero-order valence-corrected chi connectivity index (χ0v) is 15.2. The average molecular weight is 347 g/mol. The zero-order valence-electron chi connectivity index (χ0n) is 14.4. The topological polar surface area (TPSA) is 12.4 Å². The first-order valence-corrected chi connectivity index (χ1v) is 8.46. The van der Waals surface area contributed by atoms with Crippen molar-refractivity contribution in [2.45, 2.75) is 20.8 Å². The molecule has 0 bridgehead atoms. The molecule has 0 radical (unpaired) electrons. The number of nitrogens with zero attached hydrogens (tertiary/aromatic N) is 1. The lowest BCUT2D eigenvalue weighted by Gasteiger charge is -2.11. The average Bonchev–Trinajstić information content (AvgIpc) is 2.58. The van der Waals surface area contributed by atoms with Gasteiger partial charge in [-0.2, -0.15) is 4.99 Å². The number of hydrogen-bond donors (Lipinski definition) is 0. The minimum Gasteiger partial charge on any atom is -0.205 e. The minimum absolute atomic E-state index is 0.257. The van der Waals surface area contributed by atoms with Crippen LogP contribution in [0.5, 0.6) is 0 Å². The maximum atomic E-state index is 14.3. The van der Waals surface area contributed by atoms with Gasteiger partial charge in [-0.1, -0.05) is 48.0 Å². The molecule has 3 aromatic rings. The lowest BCUT2D eigenvalue weighted by Crippen LogP contribution is -1.89. The summed E-state index contributed by atoms with van der Waals surface area (Å²) in [6, 6.07) is 18.1. The number of aliphatic imine (C=N–C) groups is 1. The van der Waals surface area contributed by atoms with Crippen molar-refractivity contribution in [3.8, 4) is 22.3 Å². The molecule has 25 heavy (non-hydrogen) atoms. The molecular formula is C22H18FNS. The molecule has 0 amide bonds. The van der Waals surface area contributed by atoms with Crippen LogP contribution in [0, 0.1) is 26.6 Å². The second-order valence-corrected chi connectivity index (χ2v) is 6.40. The van der Waals surface area contributed by atoms with Gasteiger partial charge < -0.3 is 0 Å². The Morgan fingerprint density at radius 2 is 1.44 bits per heavy atom. The molecule has 0 unspecified atom stereocenters. The molecule has 0 saturated carbocycles. The third kappa shape index (κ3) is 3.58. The Bertz CT molecular complexity index is 960. The van der Waals surface area contributed by atoms with E-state index in [4.69, 9.17) is 0 Å². The number of aryl methyl sites for hydroxylation is 3. The number of isothiocyanates is 1. The fraction of sp³-hybridized carbons (Fsp3) is 0.136. The maximum absolute atomic E-state index is 14.3. The highest BCUT2D eigenvalue weighted by Crippen LogP contribution is 2.33. The van der Waals surface area contributed by atoms with Gasteiger partial charge in [0.15, 0.2) is 5.82 Å². The van der Waals surface area contributed by atoms with Crippen LogP contribution < -0.4 is 0 Å². The molecule has 124 valence electrons. The molecule has 0 aliphatic heterocycles. The molecule has 0 N–H and O–H groups in total. The van der Waals surface area contributed by atoms with Gasteiger partial charge >= 0.3 is 0 Å². The molecular weight excluding hydrogens is 329 g/mol. The normalized spacial score (nSPS) is 10.4. The van der Waals surface area contributed by atoms with E-state index in [1.54, 1.807) is 0 Å². The van der Waals surface area contributed by atoms with Crippen molar-refractivity contribution < 1.29 is 4.39 Å². The standard InChI is InChI=1S/C22H18FNS/c1-14-4-6-17(7-5-14)18-8-9-20(15(2)10-18)19-11-16(3)22(24-13-25)21(23)12-19/h4-12H,1-3H3. The Kier molecular flexibility index (Phi) is 4.89. The van der Waals surface area contributed by atoms with Crippen molar-refractivity contribution in [1.82, 2.24) is 0 Å². The monoisotopic (exact) mass is 347 g/mol. The predicted octanol–water partition coefficient (Wildman–Crippen LogP) is 6.82. The highest BCUT2D eigenvalue weighted by atomic mass is 32.1. The molecule has 0 aliphatic carbocycles. The lowest BCUT2D eigenvalue weighted by atomic mass is 9.94. The van der Waals surface area contributed by atoms with Gasteiger partial charge in [-0.25, -0.2) is 4.39 Å². The van der Waals surface area contributed by atoms with Gasteiger partial charge in [-0.15, -0.1) is 0 Å². The van der Waals surface area contributed by atoms with Crippen molar-refractivity contribution >= 4 is 23.1 Å². The number of thiocarbonyl (C=S) groups is 1. The number of benzene rings is 3. The van der Waals surface area contributed by atoms with Gasteiger partial charge in [-0.3, -0.25) is 0 Å². The molecule has 3 aromatic carbocycles. The fourth-order valence-corrected chi connectivity index (χ4v) is 3.08. The fourth-order valence-electron chi connectivity index (χ4n) is 2.99. The van der Waals surface area contributed by atoms with E-state index in [9.17, 15) is 4.39 Å². The van der Waals surface area contributed by atoms with Gasteiger partial charge in [0, 0.05) is 0 Å². The predicted molar refractivity (Wildman–Crippen MR) is 106 cm³/mol. The van der Waals surface area contributed by atoms with Gasteiger partial charge in [-0.05, 0) is 78.5 Å². The summed E-state index contributed by atoms with van der Waals surface area (Å²) in [5.41, 5.74) is 7.52. The molecule has 0 fully saturated rings. The first kappa shape index (κ1) is 17.2. The van der Waals surface area contributed by atoms with Crippen molar-refractivity contribution in [3.05, 3.63) is 77.1 Å². The highest BCUT2D eigenvalue weighted by molar-refractivity contribution is 7.78. The maximum Gasteiger partial charge on any atom is 0.150 e. The summed E-state index contributed by atoms with van der Waals surface area (Å²) in [6.45, 7) is 5.95. The number of hydrogen-bond acceptors (Lipinski definition) is 2. The third-order valence-electron chi connectivity index (χ3n) is 4.33. The second-order valence-electron chi connectivity index (χ2n) is 6.22. The third-order valence-corrected chi connectivity index (χ3v) is 4.43. The smallest absolute Gasteiger partial charge is 0.150 e. The SMILES string of the molecule is Cc1ccc(-c2ccc(-c3cc(C)c(N=C=S)c(F)c3)c(C)c2)cc1.